The van der Waals surface area contributed by atoms with Crippen LogP contribution < -0.4 is 11.1 Å². The monoisotopic (exact) mass is 175 g/mol. The minimum atomic E-state index is -0.357. The van der Waals surface area contributed by atoms with E-state index in [0.29, 0.717) is 0 Å². The SMILES string of the molecule is NC(=O)C1NCCc2ccc[c]c21. The smallest absolute Gasteiger partial charge is 0.239 e. The predicted molar refractivity (Wildman–Crippen MR) is 48.9 cm³/mol. The Morgan fingerprint density at radius 2 is 2.54 bits per heavy atom. The van der Waals surface area contributed by atoms with E-state index in [4.69, 9.17) is 5.73 Å². The zero-order chi connectivity index (χ0) is 9.26. The van der Waals surface area contributed by atoms with Gasteiger partial charge in [0, 0.05) is 6.54 Å². The summed E-state index contributed by atoms with van der Waals surface area (Å²) in [4.78, 5) is 11.1. The summed E-state index contributed by atoms with van der Waals surface area (Å²) in [6.45, 7) is 0.804. The third-order valence-electron chi connectivity index (χ3n) is 2.29. The molecule has 1 radical (unpaired) electrons. The Balaban J connectivity index is 2.42. The van der Waals surface area contributed by atoms with Gasteiger partial charge >= 0.3 is 0 Å². The maximum atomic E-state index is 11.1. The Labute approximate surface area is 76.9 Å². The molecule has 3 nitrogen and oxygen atoms in total. The first-order valence-corrected chi connectivity index (χ1v) is 4.31. The molecular formula is C10H11N2O. The molecule has 0 aromatic heterocycles. The highest BCUT2D eigenvalue weighted by atomic mass is 16.1. The summed E-state index contributed by atoms with van der Waals surface area (Å²) in [5, 5.41) is 3.07. The third kappa shape index (κ3) is 1.42. The molecule has 1 amide bonds. The molecule has 67 valence electrons. The Kier molecular flexibility index (Phi) is 2.02. The first-order chi connectivity index (χ1) is 6.29. The summed E-state index contributed by atoms with van der Waals surface area (Å²) in [6.07, 6.45) is 0.941. The van der Waals surface area contributed by atoms with Crippen LogP contribution in [0.4, 0.5) is 0 Å². The Morgan fingerprint density at radius 1 is 1.69 bits per heavy atom. The molecule has 3 heteroatoms. The first-order valence-electron chi connectivity index (χ1n) is 4.31. The molecular weight excluding hydrogens is 164 g/mol. The molecule has 2 rings (SSSR count). The van der Waals surface area contributed by atoms with E-state index in [9.17, 15) is 4.79 Å². The van der Waals surface area contributed by atoms with E-state index in [1.54, 1.807) is 0 Å². The van der Waals surface area contributed by atoms with Gasteiger partial charge in [-0.3, -0.25) is 4.79 Å². The Hall–Kier alpha value is -1.35. The number of amides is 1. The standard InChI is InChI=1S/C10H11N2O/c11-10(13)9-8-4-2-1-3-7(8)5-6-12-9/h1-3,9,12H,5-6H2,(H2,11,13). The van der Waals surface area contributed by atoms with Gasteiger partial charge in [-0.15, -0.1) is 0 Å². The van der Waals surface area contributed by atoms with Gasteiger partial charge in [0.15, 0.2) is 0 Å². The van der Waals surface area contributed by atoms with E-state index < -0.39 is 0 Å². The molecule has 1 aromatic rings. The summed E-state index contributed by atoms with van der Waals surface area (Å²) >= 11 is 0. The first kappa shape index (κ1) is 8.26. The van der Waals surface area contributed by atoms with Gasteiger partial charge in [-0.1, -0.05) is 18.2 Å². The van der Waals surface area contributed by atoms with Crippen LogP contribution in [-0.2, 0) is 11.2 Å². The van der Waals surface area contributed by atoms with Crippen molar-refractivity contribution >= 4 is 5.91 Å². The molecule has 1 heterocycles. The van der Waals surface area contributed by atoms with Crippen molar-refractivity contribution < 1.29 is 4.79 Å². The van der Waals surface area contributed by atoms with Crippen LogP contribution in [0.1, 0.15) is 17.2 Å². The molecule has 0 saturated heterocycles. The highest BCUT2D eigenvalue weighted by Crippen LogP contribution is 2.21. The minimum absolute atomic E-state index is 0.330. The molecule has 0 fully saturated rings. The molecule has 0 bridgehead atoms. The van der Waals surface area contributed by atoms with Gasteiger partial charge < -0.3 is 11.1 Å². The quantitative estimate of drug-likeness (QED) is 0.638. The summed E-state index contributed by atoms with van der Waals surface area (Å²) in [5.74, 6) is -0.330. The van der Waals surface area contributed by atoms with E-state index in [2.05, 4.69) is 11.4 Å². The van der Waals surface area contributed by atoms with Crippen molar-refractivity contribution in [3.05, 3.63) is 35.4 Å². The third-order valence-corrected chi connectivity index (χ3v) is 2.29. The fraction of sp³-hybridized carbons (Fsp3) is 0.300. The summed E-state index contributed by atoms with van der Waals surface area (Å²) in [5.41, 5.74) is 7.34. The second-order valence-electron chi connectivity index (χ2n) is 3.15. The number of hydrogen-bond acceptors (Lipinski definition) is 2. The zero-order valence-corrected chi connectivity index (χ0v) is 7.21. The number of primary amides is 1. The van der Waals surface area contributed by atoms with Crippen molar-refractivity contribution in [1.29, 1.82) is 0 Å². The Morgan fingerprint density at radius 3 is 3.31 bits per heavy atom. The van der Waals surface area contributed by atoms with E-state index in [-0.39, 0.29) is 11.9 Å². The van der Waals surface area contributed by atoms with Crippen LogP contribution >= 0.6 is 0 Å². The van der Waals surface area contributed by atoms with E-state index in [1.165, 1.54) is 5.56 Å². The summed E-state index contributed by atoms with van der Waals surface area (Å²) in [7, 11) is 0. The van der Waals surface area contributed by atoms with Crippen molar-refractivity contribution in [2.75, 3.05) is 6.54 Å². The van der Waals surface area contributed by atoms with Crippen LogP contribution in [0.5, 0.6) is 0 Å². The Bertz CT molecular complexity index is 335. The highest BCUT2D eigenvalue weighted by molar-refractivity contribution is 5.82. The average Bonchev–Trinajstić information content (AvgIpc) is 2.17. The highest BCUT2D eigenvalue weighted by Gasteiger charge is 2.23. The topological polar surface area (TPSA) is 55.1 Å². The van der Waals surface area contributed by atoms with Crippen LogP contribution in [-0.4, -0.2) is 12.5 Å². The number of carbonyl (C=O) groups is 1. The molecule has 1 aromatic carbocycles. The zero-order valence-electron chi connectivity index (χ0n) is 7.21. The molecule has 1 unspecified atom stereocenters. The lowest BCUT2D eigenvalue weighted by Gasteiger charge is -2.23. The summed E-state index contributed by atoms with van der Waals surface area (Å²) < 4.78 is 0. The van der Waals surface area contributed by atoms with Gasteiger partial charge in [0.2, 0.25) is 5.91 Å². The number of carbonyl (C=O) groups excluding carboxylic acids is 1. The second-order valence-corrected chi connectivity index (χ2v) is 3.15. The maximum Gasteiger partial charge on any atom is 0.239 e. The average molecular weight is 175 g/mol. The normalized spacial score (nSPS) is 20.8. The van der Waals surface area contributed by atoms with E-state index in [0.717, 1.165) is 18.5 Å². The van der Waals surface area contributed by atoms with Gasteiger partial charge in [-0.2, -0.15) is 0 Å². The fourth-order valence-corrected chi connectivity index (χ4v) is 1.67. The lowest BCUT2D eigenvalue weighted by atomic mass is 9.94. The lowest BCUT2D eigenvalue weighted by molar-refractivity contribution is -0.120. The van der Waals surface area contributed by atoms with Crippen molar-refractivity contribution in [3.63, 3.8) is 0 Å². The van der Waals surface area contributed by atoms with Crippen molar-refractivity contribution in [2.24, 2.45) is 5.73 Å². The van der Waals surface area contributed by atoms with Crippen LogP contribution in [0.2, 0.25) is 0 Å². The predicted octanol–water partition coefficient (Wildman–Crippen LogP) is 0.159. The maximum absolute atomic E-state index is 11.1. The van der Waals surface area contributed by atoms with Crippen molar-refractivity contribution in [1.82, 2.24) is 5.32 Å². The second kappa shape index (κ2) is 3.18. The number of fused-ring (bicyclic) bond motifs is 1. The molecule has 13 heavy (non-hydrogen) atoms. The number of nitrogens with one attached hydrogen (secondary N) is 1. The van der Waals surface area contributed by atoms with Crippen LogP contribution in [0.15, 0.2) is 18.2 Å². The van der Waals surface area contributed by atoms with Crippen molar-refractivity contribution in [3.8, 4) is 0 Å². The molecule has 1 aliphatic heterocycles. The molecule has 3 N–H and O–H groups in total. The fourth-order valence-electron chi connectivity index (χ4n) is 1.67. The number of rotatable bonds is 1. The molecule has 1 aliphatic rings. The number of hydrogen-bond donors (Lipinski definition) is 2. The lowest BCUT2D eigenvalue weighted by Crippen LogP contribution is -2.38. The minimum Gasteiger partial charge on any atom is -0.368 e. The van der Waals surface area contributed by atoms with Gasteiger partial charge in [0.25, 0.3) is 0 Å². The van der Waals surface area contributed by atoms with E-state index in [1.807, 2.05) is 18.2 Å². The van der Waals surface area contributed by atoms with Gasteiger partial charge in [0.05, 0.1) is 0 Å². The van der Waals surface area contributed by atoms with Gasteiger partial charge in [-0.05, 0) is 23.6 Å². The summed E-state index contributed by atoms with van der Waals surface area (Å²) in [6, 6.07) is 8.46. The van der Waals surface area contributed by atoms with E-state index >= 15 is 0 Å². The van der Waals surface area contributed by atoms with Crippen LogP contribution in [0, 0.1) is 6.07 Å². The van der Waals surface area contributed by atoms with Crippen LogP contribution in [0.25, 0.3) is 0 Å². The van der Waals surface area contributed by atoms with Crippen LogP contribution in [0.3, 0.4) is 0 Å². The number of nitrogens with two attached hydrogens (primary N) is 1. The molecule has 0 saturated carbocycles. The van der Waals surface area contributed by atoms with Crippen molar-refractivity contribution in [2.45, 2.75) is 12.5 Å². The molecule has 1 atom stereocenters. The molecule has 0 spiro atoms. The molecule has 0 aliphatic carbocycles. The van der Waals surface area contributed by atoms with Gasteiger partial charge in [-0.25, -0.2) is 0 Å². The number of benzene rings is 1. The largest absolute Gasteiger partial charge is 0.368 e. The van der Waals surface area contributed by atoms with Gasteiger partial charge in [0.1, 0.15) is 6.04 Å².